The molecule has 116 valence electrons. The number of rotatable bonds is 5. The summed E-state index contributed by atoms with van der Waals surface area (Å²) in [5.74, 6) is 0.894. The van der Waals surface area contributed by atoms with Crippen molar-refractivity contribution in [3.05, 3.63) is 57.6 Å². The normalized spacial score (nSPS) is 10.2. The summed E-state index contributed by atoms with van der Waals surface area (Å²) in [6.45, 7) is 0.278. The average molecular weight is 340 g/mol. The molecule has 0 aliphatic heterocycles. The van der Waals surface area contributed by atoms with Crippen LogP contribution in [0.2, 0.25) is 10.0 Å². The van der Waals surface area contributed by atoms with Crippen molar-refractivity contribution in [2.45, 2.75) is 6.54 Å². The number of carbonyl (C=O) groups is 1. The summed E-state index contributed by atoms with van der Waals surface area (Å²) >= 11 is 12.0. The third kappa shape index (κ3) is 3.84. The Kier molecular flexibility index (Phi) is 5.52. The molecule has 0 aliphatic carbocycles. The molecule has 2 rings (SSSR count). The first-order valence-corrected chi connectivity index (χ1v) is 7.25. The fourth-order valence-electron chi connectivity index (χ4n) is 1.91. The average Bonchev–Trinajstić information content (AvgIpc) is 2.53. The lowest BCUT2D eigenvalue weighted by Gasteiger charge is -2.12. The molecule has 0 spiro atoms. The Morgan fingerprint density at radius 2 is 1.64 bits per heavy atom. The number of carbonyl (C=O) groups excluding carboxylic acids is 1. The molecule has 0 atom stereocenters. The van der Waals surface area contributed by atoms with Crippen LogP contribution in [0.3, 0.4) is 0 Å². The van der Waals surface area contributed by atoms with Crippen molar-refractivity contribution < 1.29 is 14.3 Å². The van der Waals surface area contributed by atoms with Crippen molar-refractivity contribution >= 4 is 29.1 Å². The quantitative estimate of drug-likeness (QED) is 0.897. The molecule has 1 amide bonds. The molecule has 1 N–H and O–H groups in total. The first-order valence-electron chi connectivity index (χ1n) is 6.49. The summed E-state index contributed by atoms with van der Waals surface area (Å²) in [6, 6.07) is 10.1. The van der Waals surface area contributed by atoms with Crippen molar-refractivity contribution in [3.63, 3.8) is 0 Å². The molecule has 0 unspecified atom stereocenters. The van der Waals surface area contributed by atoms with E-state index in [-0.39, 0.29) is 12.5 Å². The Hall–Kier alpha value is -1.91. The zero-order valence-corrected chi connectivity index (χ0v) is 13.7. The summed E-state index contributed by atoms with van der Waals surface area (Å²) in [7, 11) is 3.08. The van der Waals surface area contributed by atoms with Gasteiger partial charge in [-0.3, -0.25) is 4.79 Å². The third-order valence-electron chi connectivity index (χ3n) is 3.10. The van der Waals surface area contributed by atoms with Gasteiger partial charge in [0.15, 0.2) is 11.5 Å². The van der Waals surface area contributed by atoms with Gasteiger partial charge in [0, 0.05) is 28.2 Å². The van der Waals surface area contributed by atoms with Gasteiger partial charge in [0.05, 0.1) is 14.2 Å². The smallest absolute Gasteiger partial charge is 0.251 e. The van der Waals surface area contributed by atoms with Crippen LogP contribution in [0.4, 0.5) is 0 Å². The zero-order valence-electron chi connectivity index (χ0n) is 12.2. The maximum absolute atomic E-state index is 12.1. The number of hydrogen-bond donors (Lipinski definition) is 1. The molecule has 0 aliphatic rings. The number of halogens is 2. The highest BCUT2D eigenvalue weighted by Gasteiger charge is 2.11. The van der Waals surface area contributed by atoms with E-state index in [1.807, 2.05) is 0 Å². The van der Waals surface area contributed by atoms with Gasteiger partial charge in [0.2, 0.25) is 0 Å². The zero-order chi connectivity index (χ0) is 16.1. The predicted molar refractivity (Wildman–Crippen MR) is 87.2 cm³/mol. The van der Waals surface area contributed by atoms with Crippen molar-refractivity contribution in [1.82, 2.24) is 5.32 Å². The number of ether oxygens (including phenoxy) is 2. The lowest BCUT2D eigenvalue weighted by molar-refractivity contribution is 0.0951. The molecule has 0 heterocycles. The molecule has 2 aromatic rings. The van der Waals surface area contributed by atoms with E-state index >= 15 is 0 Å². The molecular weight excluding hydrogens is 325 g/mol. The molecule has 0 aromatic heterocycles. The van der Waals surface area contributed by atoms with E-state index in [2.05, 4.69) is 5.32 Å². The van der Waals surface area contributed by atoms with E-state index in [0.717, 1.165) is 5.56 Å². The first-order chi connectivity index (χ1) is 10.5. The van der Waals surface area contributed by atoms with Crippen LogP contribution in [0.25, 0.3) is 0 Å². The molecule has 4 nitrogen and oxygen atoms in total. The van der Waals surface area contributed by atoms with E-state index < -0.39 is 0 Å². The van der Waals surface area contributed by atoms with Crippen LogP contribution in [-0.2, 0) is 6.54 Å². The molecule has 22 heavy (non-hydrogen) atoms. The Labute approximate surface area is 138 Å². The van der Waals surface area contributed by atoms with Gasteiger partial charge >= 0.3 is 0 Å². The minimum absolute atomic E-state index is 0.206. The molecule has 0 bridgehead atoms. The van der Waals surface area contributed by atoms with Gasteiger partial charge in [-0.05, 0) is 35.9 Å². The monoisotopic (exact) mass is 339 g/mol. The maximum Gasteiger partial charge on any atom is 0.251 e. The molecule has 0 fully saturated rings. The standard InChI is InChI=1S/C16H15Cl2NO3/c1-21-14-7-11(13(18)8-15(14)22-2)9-19-16(20)10-3-5-12(17)6-4-10/h3-8H,9H2,1-2H3,(H,19,20). The SMILES string of the molecule is COc1cc(Cl)c(CNC(=O)c2ccc(Cl)cc2)cc1OC. The molecular formula is C16H15Cl2NO3. The van der Waals surface area contributed by atoms with Gasteiger partial charge < -0.3 is 14.8 Å². The lowest BCUT2D eigenvalue weighted by Crippen LogP contribution is -2.22. The van der Waals surface area contributed by atoms with Gasteiger partial charge in [-0.1, -0.05) is 23.2 Å². The second-order valence-corrected chi connectivity index (χ2v) is 5.33. The predicted octanol–water partition coefficient (Wildman–Crippen LogP) is 3.94. The molecule has 0 radical (unpaired) electrons. The van der Waals surface area contributed by atoms with Crippen molar-refractivity contribution in [2.24, 2.45) is 0 Å². The highest BCUT2D eigenvalue weighted by Crippen LogP contribution is 2.33. The minimum Gasteiger partial charge on any atom is -0.493 e. The van der Waals surface area contributed by atoms with Crippen molar-refractivity contribution in [3.8, 4) is 11.5 Å². The number of nitrogens with one attached hydrogen (secondary N) is 1. The number of benzene rings is 2. The van der Waals surface area contributed by atoms with Crippen LogP contribution >= 0.6 is 23.2 Å². The van der Waals surface area contributed by atoms with Crippen LogP contribution in [0.5, 0.6) is 11.5 Å². The molecule has 0 saturated carbocycles. The van der Waals surface area contributed by atoms with Crippen LogP contribution in [0.1, 0.15) is 15.9 Å². The van der Waals surface area contributed by atoms with Gasteiger partial charge in [0.25, 0.3) is 5.91 Å². The highest BCUT2D eigenvalue weighted by molar-refractivity contribution is 6.31. The number of amides is 1. The van der Waals surface area contributed by atoms with Crippen LogP contribution in [0, 0.1) is 0 Å². The van der Waals surface area contributed by atoms with Crippen LogP contribution < -0.4 is 14.8 Å². The van der Waals surface area contributed by atoms with E-state index in [0.29, 0.717) is 27.1 Å². The lowest BCUT2D eigenvalue weighted by atomic mass is 10.1. The van der Waals surface area contributed by atoms with E-state index in [4.69, 9.17) is 32.7 Å². The second kappa shape index (κ2) is 7.38. The summed E-state index contributed by atoms with van der Waals surface area (Å²) in [5.41, 5.74) is 1.27. The Balaban J connectivity index is 2.11. The first kappa shape index (κ1) is 16.5. The second-order valence-electron chi connectivity index (χ2n) is 4.49. The van der Waals surface area contributed by atoms with Crippen LogP contribution in [0.15, 0.2) is 36.4 Å². The van der Waals surface area contributed by atoms with Gasteiger partial charge in [-0.15, -0.1) is 0 Å². The van der Waals surface area contributed by atoms with Crippen molar-refractivity contribution in [2.75, 3.05) is 14.2 Å². The van der Waals surface area contributed by atoms with E-state index in [9.17, 15) is 4.79 Å². The number of hydrogen-bond acceptors (Lipinski definition) is 3. The fraction of sp³-hybridized carbons (Fsp3) is 0.188. The van der Waals surface area contributed by atoms with Gasteiger partial charge in [-0.25, -0.2) is 0 Å². The van der Waals surface area contributed by atoms with Gasteiger partial charge in [0.1, 0.15) is 0 Å². The van der Waals surface area contributed by atoms with Crippen molar-refractivity contribution in [1.29, 1.82) is 0 Å². The summed E-state index contributed by atoms with van der Waals surface area (Å²) in [4.78, 5) is 12.1. The Morgan fingerprint density at radius 3 is 2.23 bits per heavy atom. The van der Waals surface area contributed by atoms with E-state index in [1.165, 1.54) is 7.11 Å². The Bertz CT molecular complexity index is 672. The maximum atomic E-state index is 12.1. The summed E-state index contributed by atoms with van der Waals surface area (Å²) < 4.78 is 10.4. The molecule has 2 aromatic carbocycles. The van der Waals surface area contributed by atoms with Crippen LogP contribution in [-0.4, -0.2) is 20.1 Å². The largest absolute Gasteiger partial charge is 0.493 e. The topological polar surface area (TPSA) is 47.6 Å². The molecule has 6 heteroatoms. The number of methoxy groups -OCH3 is 2. The minimum atomic E-state index is -0.206. The molecule has 0 saturated heterocycles. The van der Waals surface area contributed by atoms with E-state index in [1.54, 1.807) is 43.5 Å². The summed E-state index contributed by atoms with van der Waals surface area (Å²) in [5, 5.41) is 3.88. The van der Waals surface area contributed by atoms with Gasteiger partial charge in [-0.2, -0.15) is 0 Å². The Morgan fingerprint density at radius 1 is 1.05 bits per heavy atom. The fourth-order valence-corrected chi connectivity index (χ4v) is 2.26. The third-order valence-corrected chi connectivity index (χ3v) is 3.70. The summed E-state index contributed by atoms with van der Waals surface area (Å²) in [6.07, 6.45) is 0. The highest BCUT2D eigenvalue weighted by atomic mass is 35.5.